The van der Waals surface area contributed by atoms with E-state index in [9.17, 15) is 0 Å². The summed E-state index contributed by atoms with van der Waals surface area (Å²) in [6.07, 6.45) is 0. The third kappa shape index (κ3) is 1.89. The summed E-state index contributed by atoms with van der Waals surface area (Å²) in [7, 11) is 0. The lowest BCUT2D eigenvalue weighted by Gasteiger charge is -2.02. The van der Waals surface area contributed by atoms with Crippen LogP contribution in [-0.2, 0) is 6.54 Å². The molecule has 0 aliphatic rings. The zero-order valence-electron chi connectivity index (χ0n) is 6.14. The molecule has 0 spiro atoms. The normalized spacial score (nSPS) is 9.50. The zero-order valence-corrected chi connectivity index (χ0v) is 9.06. The molecule has 1 aromatic carbocycles. The van der Waals surface area contributed by atoms with Gasteiger partial charge in [-0.25, -0.2) is 0 Å². The van der Waals surface area contributed by atoms with Crippen LogP contribution in [0.15, 0.2) is 12.1 Å². The first-order valence-electron chi connectivity index (χ1n) is 3.27. The second kappa shape index (κ2) is 4.08. The van der Waals surface area contributed by atoms with Crippen molar-refractivity contribution < 1.29 is 0 Å². The number of nitrogens with two attached hydrogens (primary N) is 1. The average molecular weight is 293 g/mol. The van der Waals surface area contributed by atoms with Crippen LogP contribution in [0.2, 0.25) is 5.02 Å². The molecule has 0 saturated heterocycles. The van der Waals surface area contributed by atoms with E-state index in [1.807, 2.05) is 6.07 Å². The number of rotatable bonds is 1. The minimum atomic E-state index is 0.435. The van der Waals surface area contributed by atoms with E-state index < -0.39 is 0 Å². The quantitative estimate of drug-likeness (QED) is 0.807. The molecule has 0 bridgehead atoms. The number of halogens is 2. The fourth-order valence-corrected chi connectivity index (χ4v) is 1.91. The van der Waals surface area contributed by atoms with Crippen LogP contribution in [0, 0.1) is 14.9 Å². The summed E-state index contributed by atoms with van der Waals surface area (Å²) in [5.41, 5.74) is 6.91. The highest BCUT2D eigenvalue weighted by Crippen LogP contribution is 2.21. The molecule has 62 valence electrons. The number of nitriles is 1. The Labute approximate surface area is 89.5 Å². The van der Waals surface area contributed by atoms with Crippen LogP contribution in [0.5, 0.6) is 0 Å². The van der Waals surface area contributed by atoms with Crippen molar-refractivity contribution in [3.05, 3.63) is 31.9 Å². The lowest BCUT2D eigenvalue weighted by atomic mass is 10.1. The van der Waals surface area contributed by atoms with Crippen molar-refractivity contribution >= 4 is 34.2 Å². The molecular weight excluding hydrogens is 286 g/mol. The van der Waals surface area contributed by atoms with Crippen LogP contribution in [0.4, 0.5) is 0 Å². The van der Waals surface area contributed by atoms with Crippen molar-refractivity contribution in [1.29, 1.82) is 5.26 Å². The lowest BCUT2D eigenvalue weighted by Crippen LogP contribution is -1.99. The minimum absolute atomic E-state index is 0.435. The smallest absolute Gasteiger partial charge is 0.101 e. The summed E-state index contributed by atoms with van der Waals surface area (Å²) in [6.45, 7) is 0.435. The Hall–Kier alpha value is -0.310. The van der Waals surface area contributed by atoms with Crippen molar-refractivity contribution in [3.8, 4) is 6.07 Å². The highest BCUT2D eigenvalue weighted by Gasteiger charge is 2.04. The van der Waals surface area contributed by atoms with Crippen LogP contribution in [0.25, 0.3) is 0 Å². The van der Waals surface area contributed by atoms with Crippen molar-refractivity contribution in [2.75, 3.05) is 0 Å². The van der Waals surface area contributed by atoms with Gasteiger partial charge in [-0.3, -0.25) is 0 Å². The Morgan fingerprint density at radius 3 is 2.75 bits per heavy atom. The number of nitrogens with zero attached hydrogens (tertiary/aromatic N) is 1. The fourth-order valence-electron chi connectivity index (χ4n) is 0.836. The summed E-state index contributed by atoms with van der Waals surface area (Å²) >= 11 is 7.94. The van der Waals surface area contributed by atoms with Crippen molar-refractivity contribution in [2.45, 2.75) is 6.54 Å². The molecule has 0 heterocycles. The Morgan fingerprint density at radius 1 is 1.58 bits per heavy atom. The first kappa shape index (κ1) is 9.78. The van der Waals surface area contributed by atoms with Gasteiger partial charge in [-0.05, 0) is 40.3 Å². The summed E-state index contributed by atoms with van der Waals surface area (Å²) < 4.78 is 0.999. The van der Waals surface area contributed by atoms with Gasteiger partial charge >= 0.3 is 0 Å². The highest BCUT2D eigenvalue weighted by atomic mass is 127. The predicted molar refractivity (Wildman–Crippen MR) is 56.8 cm³/mol. The monoisotopic (exact) mass is 292 g/mol. The van der Waals surface area contributed by atoms with Crippen molar-refractivity contribution in [1.82, 2.24) is 0 Å². The molecule has 0 aliphatic heterocycles. The Bertz CT molecular complexity index is 344. The second-order valence-corrected chi connectivity index (χ2v) is 3.81. The molecule has 0 unspecified atom stereocenters. The van der Waals surface area contributed by atoms with Gasteiger partial charge in [0.2, 0.25) is 0 Å². The number of benzene rings is 1. The maximum absolute atomic E-state index is 8.65. The Kier molecular flexibility index (Phi) is 3.32. The van der Waals surface area contributed by atoms with E-state index in [0.29, 0.717) is 17.1 Å². The van der Waals surface area contributed by atoms with Crippen molar-refractivity contribution in [2.24, 2.45) is 5.73 Å². The molecule has 0 aromatic heterocycles. The molecule has 1 rings (SSSR count). The van der Waals surface area contributed by atoms with E-state index >= 15 is 0 Å². The topological polar surface area (TPSA) is 49.8 Å². The predicted octanol–water partition coefficient (Wildman–Crippen LogP) is 2.27. The van der Waals surface area contributed by atoms with E-state index in [-0.39, 0.29) is 0 Å². The Balaban J connectivity index is 3.30. The largest absolute Gasteiger partial charge is 0.326 e. The molecule has 0 atom stereocenters. The fraction of sp³-hybridized carbons (Fsp3) is 0.125. The lowest BCUT2D eigenvalue weighted by molar-refractivity contribution is 1.06. The third-order valence-corrected chi connectivity index (χ3v) is 2.79. The molecule has 2 N–H and O–H groups in total. The average Bonchev–Trinajstić information content (AvgIpc) is 2.05. The van der Waals surface area contributed by atoms with Crippen LogP contribution in [0.1, 0.15) is 11.1 Å². The summed E-state index contributed by atoms with van der Waals surface area (Å²) in [5, 5.41) is 9.14. The maximum Gasteiger partial charge on any atom is 0.101 e. The van der Waals surface area contributed by atoms with Gasteiger partial charge in [-0.2, -0.15) is 5.26 Å². The van der Waals surface area contributed by atoms with Crippen LogP contribution >= 0.6 is 34.2 Å². The van der Waals surface area contributed by atoms with Gasteiger partial charge in [-0.1, -0.05) is 11.6 Å². The van der Waals surface area contributed by atoms with E-state index in [1.165, 1.54) is 0 Å². The highest BCUT2D eigenvalue weighted by molar-refractivity contribution is 14.1. The second-order valence-electron chi connectivity index (χ2n) is 2.24. The minimum Gasteiger partial charge on any atom is -0.326 e. The maximum atomic E-state index is 8.65. The zero-order chi connectivity index (χ0) is 9.14. The van der Waals surface area contributed by atoms with Crippen LogP contribution in [0.3, 0.4) is 0 Å². The molecule has 2 nitrogen and oxygen atoms in total. The summed E-state index contributed by atoms with van der Waals surface area (Å²) in [5.74, 6) is 0. The molecule has 0 aliphatic carbocycles. The van der Waals surface area contributed by atoms with Gasteiger partial charge in [-0.15, -0.1) is 0 Å². The van der Waals surface area contributed by atoms with E-state index in [0.717, 1.165) is 9.13 Å². The standard InChI is InChI=1S/C8H6ClIN2/c9-7-2-8(10)6(4-12)1-5(7)3-11/h1-2H,4,12H2. The van der Waals surface area contributed by atoms with E-state index in [2.05, 4.69) is 22.6 Å². The summed E-state index contributed by atoms with van der Waals surface area (Å²) in [4.78, 5) is 0. The SMILES string of the molecule is N#Cc1cc(CN)c(I)cc1Cl. The summed E-state index contributed by atoms with van der Waals surface area (Å²) in [6, 6.07) is 5.49. The first-order chi connectivity index (χ1) is 5.69. The van der Waals surface area contributed by atoms with Gasteiger partial charge in [0.1, 0.15) is 6.07 Å². The Morgan fingerprint density at radius 2 is 2.25 bits per heavy atom. The van der Waals surface area contributed by atoms with E-state index in [1.54, 1.807) is 12.1 Å². The molecule has 4 heteroatoms. The third-order valence-electron chi connectivity index (χ3n) is 1.48. The van der Waals surface area contributed by atoms with Crippen molar-refractivity contribution in [3.63, 3.8) is 0 Å². The molecule has 1 aromatic rings. The van der Waals surface area contributed by atoms with Crippen LogP contribution in [-0.4, -0.2) is 0 Å². The molecule has 0 amide bonds. The van der Waals surface area contributed by atoms with Gasteiger partial charge in [0.15, 0.2) is 0 Å². The molecular formula is C8H6ClIN2. The molecule has 0 fully saturated rings. The van der Waals surface area contributed by atoms with Gasteiger partial charge < -0.3 is 5.73 Å². The molecule has 0 saturated carbocycles. The number of hydrogen-bond donors (Lipinski definition) is 1. The van der Waals surface area contributed by atoms with Crippen LogP contribution < -0.4 is 5.73 Å². The van der Waals surface area contributed by atoms with Gasteiger partial charge in [0, 0.05) is 10.1 Å². The van der Waals surface area contributed by atoms with E-state index in [4.69, 9.17) is 22.6 Å². The van der Waals surface area contributed by atoms with Gasteiger partial charge in [0.25, 0.3) is 0 Å². The molecule has 12 heavy (non-hydrogen) atoms. The number of hydrogen-bond acceptors (Lipinski definition) is 2. The first-order valence-corrected chi connectivity index (χ1v) is 4.72. The van der Waals surface area contributed by atoms with Gasteiger partial charge in [0.05, 0.1) is 10.6 Å². The molecule has 0 radical (unpaired) electrons.